The van der Waals surface area contributed by atoms with Gasteiger partial charge in [0, 0.05) is 50.9 Å². The van der Waals surface area contributed by atoms with Crippen molar-refractivity contribution in [2.75, 3.05) is 53.5 Å². The highest BCUT2D eigenvalue weighted by Crippen LogP contribution is 2.45. The van der Waals surface area contributed by atoms with Crippen molar-refractivity contribution in [1.29, 1.82) is 0 Å². The number of aromatic nitrogens is 4. The number of halogens is 1. The number of aliphatic carboxylic acids is 1. The molecule has 6 aromatic rings. The van der Waals surface area contributed by atoms with E-state index >= 15 is 0 Å². The Hall–Kier alpha value is -5.78. The smallest absolute Gasteiger partial charge is 0.345 e. The number of thiophene rings is 1. The molecule has 298 valence electrons. The fourth-order valence-electron chi connectivity index (χ4n) is 6.77. The van der Waals surface area contributed by atoms with E-state index in [-0.39, 0.29) is 18.9 Å². The van der Waals surface area contributed by atoms with Gasteiger partial charge in [-0.1, -0.05) is 53.9 Å². The summed E-state index contributed by atoms with van der Waals surface area (Å²) in [4.78, 5) is 37.0. The van der Waals surface area contributed by atoms with Crippen LogP contribution in [0.5, 0.6) is 23.1 Å². The van der Waals surface area contributed by atoms with Crippen LogP contribution >= 0.6 is 22.9 Å². The normalized spacial score (nSPS) is 13.7. The van der Waals surface area contributed by atoms with Crippen LogP contribution in [0.2, 0.25) is 5.02 Å². The number of piperazine rings is 1. The summed E-state index contributed by atoms with van der Waals surface area (Å²) in [5.74, 6) is 7.42. The van der Waals surface area contributed by atoms with Crippen molar-refractivity contribution < 1.29 is 28.8 Å². The molecule has 0 amide bonds. The zero-order valence-electron chi connectivity index (χ0n) is 32.7. The number of benzene rings is 3. The first kappa shape index (κ1) is 40.4. The molecule has 0 radical (unpaired) electrons. The van der Waals surface area contributed by atoms with Gasteiger partial charge in [0.05, 0.1) is 33.7 Å². The maximum Gasteiger partial charge on any atom is 0.345 e. The van der Waals surface area contributed by atoms with Gasteiger partial charge in [-0.25, -0.2) is 24.7 Å². The second-order valence-corrected chi connectivity index (χ2v) is 15.1. The first-order chi connectivity index (χ1) is 28.2. The molecule has 1 fully saturated rings. The van der Waals surface area contributed by atoms with E-state index in [0.717, 1.165) is 59.9 Å². The van der Waals surface area contributed by atoms with Gasteiger partial charge >= 0.3 is 5.97 Å². The fourth-order valence-corrected chi connectivity index (χ4v) is 8.04. The summed E-state index contributed by atoms with van der Waals surface area (Å²) in [6.45, 7) is 9.21. The summed E-state index contributed by atoms with van der Waals surface area (Å²) in [7, 11) is 3.74. The van der Waals surface area contributed by atoms with E-state index < -0.39 is 12.1 Å². The number of para-hydroxylation sites is 2. The average Bonchev–Trinajstić information content (AvgIpc) is 3.61. The van der Waals surface area contributed by atoms with Crippen LogP contribution in [-0.4, -0.2) is 100 Å². The van der Waals surface area contributed by atoms with Crippen molar-refractivity contribution in [3.8, 4) is 57.5 Å². The van der Waals surface area contributed by atoms with Crippen LogP contribution in [0.4, 0.5) is 0 Å². The number of likely N-dealkylation sites (N-methyl/N-ethyl adjacent to an activating group) is 1. The second kappa shape index (κ2) is 18.7. The zero-order chi connectivity index (χ0) is 40.6. The molecule has 1 atom stereocenters. The average molecular weight is 819 g/mol. The summed E-state index contributed by atoms with van der Waals surface area (Å²) in [6, 6.07) is 20.4. The number of hydrogen-bond acceptors (Lipinski definition) is 12. The molecule has 1 aliphatic heterocycles. The van der Waals surface area contributed by atoms with E-state index in [9.17, 15) is 9.90 Å². The molecule has 1 N–H and O–H groups in total. The molecule has 1 aliphatic rings. The molecule has 14 heteroatoms. The van der Waals surface area contributed by atoms with Gasteiger partial charge in [0.25, 0.3) is 0 Å². The molecule has 0 bridgehead atoms. The summed E-state index contributed by atoms with van der Waals surface area (Å²) < 4.78 is 24.2. The molecule has 3 aromatic heterocycles. The van der Waals surface area contributed by atoms with Gasteiger partial charge in [-0.05, 0) is 67.9 Å². The Morgan fingerprint density at radius 1 is 0.948 bits per heavy atom. The SMILES string of the molecule is CC#Cc1sc2ncnc(O[C@H](Cc3ccccc3OCc3ccnc(-c4ccccc4OC)n3)C(=O)O)c2c1-c1ccc(OCCN2CCN(C)CC2)c(Cl)c1C. The number of carboxylic acids is 1. The predicted molar refractivity (Wildman–Crippen MR) is 225 cm³/mol. The van der Waals surface area contributed by atoms with E-state index in [1.54, 1.807) is 32.4 Å². The molecule has 0 unspecified atom stereocenters. The third-order valence-corrected chi connectivity index (χ3v) is 11.4. The van der Waals surface area contributed by atoms with Gasteiger partial charge in [-0.3, -0.25) is 4.90 Å². The molecule has 58 heavy (non-hydrogen) atoms. The minimum absolute atomic E-state index is 0.0145. The summed E-state index contributed by atoms with van der Waals surface area (Å²) in [5.41, 5.74) is 4.33. The lowest BCUT2D eigenvalue weighted by Gasteiger charge is -2.32. The minimum Gasteiger partial charge on any atom is -0.496 e. The van der Waals surface area contributed by atoms with E-state index in [1.807, 2.05) is 61.5 Å². The lowest BCUT2D eigenvalue weighted by molar-refractivity contribution is -0.145. The molecular formula is C44H43ClN6O6S. The van der Waals surface area contributed by atoms with Crippen molar-refractivity contribution >= 4 is 39.1 Å². The van der Waals surface area contributed by atoms with Crippen LogP contribution in [0.3, 0.4) is 0 Å². The topological polar surface area (TPSA) is 132 Å². The zero-order valence-corrected chi connectivity index (χ0v) is 34.3. The predicted octanol–water partition coefficient (Wildman–Crippen LogP) is 7.44. The molecule has 7 rings (SSSR count). The molecule has 0 aliphatic carbocycles. The molecule has 3 aromatic carbocycles. The van der Waals surface area contributed by atoms with Gasteiger partial charge in [-0.2, -0.15) is 0 Å². The molecule has 1 saturated heterocycles. The highest BCUT2D eigenvalue weighted by Gasteiger charge is 2.28. The number of ether oxygens (including phenoxy) is 4. The van der Waals surface area contributed by atoms with Gasteiger partial charge in [0.2, 0.25) is 12.0 Å². The molecule has 4 heterocycles. The molecule has 0 spiro atoms. The maximum absolute atomic E-state index is 12.9. The van der Waals surface area contributed by atoms with Crippen molar-refractivity contribution in [2.45, 2.75) is 33.0 Å². The molecule has 12 nitrogen and oxygen atoms in total. The first-order valence-electron chi connectivity index (χ1n) is 18.8. The summed E-state index contributed by atoms with van der Waals surface area (Å²) >= 11 is 8.36. The van der Waals surface area contributed by atoms with Crippen LogP contribution in [0, 0.1) is 18.8 Å². The van der Waals surface area contributed by atoms with Crippen molar-refractivity contribution in [3.05, 3.63) is 106 Å². The van der Waals surface area contributed by atoms with Gasteiger partial charge in [0.1, 0.15) is 41.6 Å². The number of nitrogens with zero attached hydrogens (tertiary/aromatic N) is 6. The third-order valence-electron chi connectivity index (χ3n) is 9.92. The molecular weight excluding hydrogens is 776 g/mol. The Morgan fingerprint density at radius 3 is 2.50 bits per heavy atom. The minimum atomic E-state index is -1.33. The monoisotopic (exact) mass is 818 g/mol. The number of fused-ring (bicyclic) bond motifs is 1. The lowest BCUT2D eigenvalue weighted by atomic mass is 9.98. The summed E-state index contributed by atoms with van der Waals surface area (Å²) in [6.07, 6.45) is 1.70. The third kappa shape index (κ3) is 9.16. The Labute approximate surface area is 346 Å². The lowest BCUT2D eigenvalue weighted by Crippen LogP contribution is -2.45. The van der Waals surface area contributed by atoms with E-state index in [1.165, 1.54) is 17.7 Å². The fraction of sp³-hybridized carbons (Fsp3) is 0.295. The quantitative estimate of drug-likeness (QED) is 0.103. The number of methoxy groups -OCH3 is 1. The van der Waals surface area contributed by atoms with E-state index in [0.29, 0.717) is 56.2 Å². The highest BCUT2D eigenvalue weighted by molar-refractivity contribution is 7.19. The van der Waals surface area contributed by atoms with Gasteiger partial charge in [0.15, 0.2) is 5.82 Å². The Balaban J connectivity index is 1.13. The van der Waals surface area contributed by atoms with E-state index in [2.05, 4.69) is 43.6 Å². The number of rotatable bonds is 15. The van der Waals surface area contributed by atoms with Gasteiger partial charge in [-0.15, -0.1) is 17.3 Å². The van der Waals surface area contributed by atoms with E-state index in [4.69, 9.17) is 35.5 Å². The largest absolute Gasteiger partial charge is 0.496 e. The highest BCUT2D eigenvalue weighted by atomic mass is 35.5. The maximum atomic E-state index is 12.9. The van der Waals surface area contributed by atoms with Crippen molar-refractivity contribution in [3.63, 3.8) is 0 Å². The number of carboxylic acid groups (broad SMARTS) is 1. The first-order valence-corrected chi connectivity index (χ1v) is 20.0. The van der Waals surface area contributed by atoms with Crippen LogP contribution < -0.4 is 18.9 Å². The Bertz CT molecular complexity index is 2480. The van der Waals surface area contributed by atoms with Crippen molar-refractivity contribution in [1.82, 2.24) is 29.7 Å². The summed E-state index contributed by atoms with van der Waals surface area (Å²) in [5, 5.41) is 11.6. The Kier molecular flexibility index (Phi) is 13.0. The van der Waals surface area contributed by atoms with Crippen molar-refractivity contribution in [2.24, 2.45) is 0 Å². The second-order valence-electron chi connectivity index (χ2n) is 13.7. The van der Waals surface area contributed by atoms with Crippen LogP contribution in [-0.2, 0) is 17.8 Å². The standard InChI is InChI=1S/C44H43ClN6O6S/c1-5-10-37-38(31-15-16-35(40(45)28(31)2)55-24-23-51-21-19-50(3)20-22-51)39-42(47-27-48-43(39)58-37)57-36(44(52)53)25-29-11-6-8-13-33(29)56-26-30-17-18-46-41(49-30)32-12-7-9-14-34(32)54-4/h6-9,11-18,27,36H,19-26H2,1-4H3,(H,52,53)/t36-/m1/s1. The van der Waals surface area contributed by atoms with Crippen LogP contribution in [0.15, 0.2) is 79.3 Å². The van der Waals surface area contributed by atoms with Crippen LogP contribution in [0.1, 0.15) is 28.6 Å². The van der Waals surface area contributed by atoms with Crippen LogP contribution in [0.25, 0.3) is 32.7 Å². The Morgan fingerprint density at radius 2 is 1.72 bits per heavy atom. The molecule has 0 saturated carbocycles. The van der Waals surface area contributed by atoms with Gasteiger partial charge < -0.3 is 29.0 Å². The number of carbonyl (C=O) groups is 1. The number of hydrogen-bond donors (Lipinski definition) is 1.